The van der Waals surface area contributed by atoms with Crippen LogP contribution in [0.2, 0.25) is 19.6 Å². The van der Waals surface area contributed by atoms with E-state index in [1.165, 1.54) is 0 Å². The van der Waals surface area contributed by atoms with Crippen molar-refractivity contribution in [2.45, 2.75) is 58.4 Å². The van der Waals surface area contributed by atoms with E-state index in [9.17, 15) is 4.79 Å². The molecular weight excluding hydrogens is 220 g/mol. The van der Waals surface area contributed by atoms with E-state index in [1.807, 2.05) is 6.92 Å². The van der Waals surface area contributed by atoms with Gasteiger partial charge in [0.05, 0.1) is 12.5 Å². The summed E-state index contributed by atoms with van der Waals surface area (Å²) >= 11 is 0. The van der Waals surface area contributed by atoms with Gasteiger partial charge in [0.2, 0.25) is 0 Å². The monoisotopic (exact) mass is 244 g/mol. The molecular formula is C12H24O3Si. The summed E-state index contributed by atoms with van der Waals surface area (Å²) in [7, 11) is -1.43. The zero-order valence-electron chi connectivity index (χ0n) is 10.9. The largest absolute Gasteiger partial charge is 0.466 e. The highest BCUT2D eigenvalue weighted by Crippen LogP contribution is 2.28. The van der Waals surface area contributed by atoms with Gasteiger partial charge in [-0.2, -0.15) is 0 Å². The molecule has 0 bridgehead atoms. The SMILES string of the molecule is CCOC(=O)C1CCC(O[Si](C)(C)C)CC1. The van der Waals surface area contributed by atoms with E-state index in [0.29, 0.717) is 12.7 Å². The van der Waals surface area contributed by atoms with Crippen molar-refractivity contribution in [1.29, 1.82) is 0 Å². The molecule has 3 nitrogen and oxygen atoms in total. The van der Waals surface area contributed by atoms with Gasteiger partial charge in [-0.1, -0.05) is 0 Å². The number of hydrogen-bond acceptors (Lipinski definition) is 3. The Hall–Kier alpha value is -0.353. The van der Waals surface area contributed by atoms with Crippen molar-refractivity contribution in [3.63, 3.8) is 0 Å². The van der Waals surface area contributed by atoms with Gasteiger partial charge in [-0.25, -0.2) is 0 Å². The number of ether oxygens (including phenoxy) is 1. The van der Waals surface area contributed by atoms with Gasteiger partial charge < -0.3 is 9.16 Å². The number of esters is 1. The minimum Gasteiger partial charge on any atom is -0.466 e. The average Bonchev–Trinajstić information content (AvgIpc) is 2.16. The topological polar surface area (TPSA) is 35.5 Å². The van der Waals surface area contributed by atoms with Gasteiger partial charge in [0.1, 0.15) is 0 Å². The van der Waals surface area contributed by atoms with Crippen LogP contribution in [0.5, 0.6) is 0 Å². The van der Waals surface area contributed by atoms with Crippen molar-refractivity contribution in [2.24, 2.45) is 5.92 Å². The van der Waals surface area contributed by atoms with Crippen LogP contribution in [0.4, 0.5) is 0 Å². The smallest absolute Gasteiger partial charge is 0.308 e. The van der Waals surface area contributed by atoms with Crippen LogP contribution < -0.4 is 0 Å². The summed E-state index contributed by atoms with van der Waals surface area (Å²) < 4.78 is 11.1. The second-order valence-corrected chi connectivity index (χ2v) is 9.92. The maximum Gasteiger partial charge on any atom is 0.308 e. The molecule has 1 fully saturated rings. The molecule has 1 aliphatic rings. The van der Waals surface area contributed by atoms with Crippen LogP contribution in [-0.2, 0) is 14.0 Å². The van der Waals surface area contributed by atoms with Crippen LogP contribution in [0.25, 0.3) is 0 Å². The predicted molar refractivity (Wildman–Crippen MR) is 66.8 cm³/mol. The van der Waals surface area contributed by atoms with Crippen LogP contribution in [-0.4, -0.2) is 27.0 Å². The van der Waals surface area contributed by atoms with Crippen LogP contribution in [0.15, 0.2) is 0 Å². The first-order valence-electron chi connectivity index (χ1n) is 6.27. The van der Waals surface area contributed by atoms with Crippen LogP contribution in [0.3, 0.4) is 0 Å². The molecule has 4 heteroatoms. The average molecular weight is 244 g/mol. The third-order valence-electron chi connectivity index (χ3n) is 2.81. The van der Waals surface area contributed by atoms with E-state index in [2.05, 4.69) is 19.6 Å². The summed E-state index contributed by atoms with van der Waals surface area (Å²) in [5.41, 5.74) is 0. The van der Waals surface area contributed by atoms with E-state index >= 15 is 0 Å². The lowest BCUT2D eigenvalue weighted by Crippen LogP contribution is -2.35. The molecule has 0 saturated heterocycles. The first-order valence-corrected chi connectivity index (χ1v) is 9.67. The summed E-state index contributed by atoms with van der Waals surface area (Å²) in [5, 5.41) is 0. The van der Waals surface area contributed by atoms with E-state index in [1.54, 1.807) is 0 Å². The Labute approximate surface area is 99.6 Å². The van der Waals surface area contributed by atoms with Crippen LogP contribution >= 0.6 is 0 Å². The molecule has 16 heavy (non-hydrogen) atoms. The van der Waals surface area contributed by atoms with E-state index in [4.69, 9.17) is 9.16 Å². The molecule has 94 valence electrons. The molecule has 0 aromatic heterocycles. The molecule has 0 atom stereocenters. The predicted octanol–water partition coefficient (Wildman–Crippen LogP) is 2.96. The number of carbonyl (C=O) groups is 1. The summed E-state index contributed by atoms with van der Waals surface area (Å²) in [6, 6.07) is 0. The van der Waals surface area contributed by atoms with E-state index in [0.717, 1.165) is 25.7 Å². The van der Waals surface area contributed by atoms with Crippen molar-refractivity contribution in [3.05, 3.63) is 0 Å². The Balaban J connectivity index is 2.31. The first kappa shape index (κ1) is 13.7. The molecule has 1 saturated carbocycles. The van der Waals surface area contributed by atoms with E-state index < -0.39 is 8.32 Å². The fourth-order valence-corrected chi connectivity index (χ4v) is 3.41. The highest BCUT2D eigenvalue weighted by molar-refractivity contribution is 6.69. The van der Waals surface area contributed by atoms with Crippen LogP contribution in [0, 0.1) is 5.92 Å². The molecule has 0 unspecified atom stereocenters. The maximum atomic E-state index is 11.5. The third-order valence-corrected chi connectivity index (χ3v) is 3.85. The lowest BCUT2D eigenvalue weighted by molar-refractivity contribution is -0.149. The lowest BCUT2D eigenvalue weighted by Gasteiger charge is -2.32. The molecule has 0 aliphatic heterocycles. The highest BCUT2D eigenvalue weighted by Gasteiger charge is 2.30. The fourth-order valence-electron chi connectivity index (χ4n) is 2.18. The second-order valence-electron chi connectivity index (χ2n) is 5.46. The molecule has 0 N–H and O–H groups in total. The Morgan fingerprint density at radius 1 is 1.19 bits per heavy atom. The van der Waals surface area contributed by atoms with Gasteiger partial charge >= 0.3 is 5.97 Å². The Bertz CT molecular complexity index is 227. The minimum atomic E-state index is -1.43. The molecule has 0 spiro atoms. The molecule has 0 heterocycles. The highest BCUT2D eigenvalue weighted by atomic mass is 28.4. The number of hydrogen-bond donors (Lipinski definition) is 0. The lowest BCUT2D eigenvalue weighted by atomic mass is 9.87. The maximum absolute atomic E-state index is 11.5. The molecule has 1 rings (SSSR count). The minimum absolute atomic E-state index is 0.0195. The van der Waals surface area contributed by atoms with Crippen molar-refractivity contribution >= 4 is 14.3 Å². The van der Waals surface area contributed by atoms with Gasteiger partial charge in [0.25, 0.3) is 0 Å². The quantitative estimate of drug-likeness (QED) is 0.563. The summed E-state index contributed by atoms with van der Waals surface area (Å²) in [4.78, 5) is 11.5. The second kappa shape index (κ2) is 5.82. The normalized spacial score (nSPS) is 26.5. The Morgan fingerprint density at radius 2 is 1.75 bits per heavy atom. The number of carbonyl (C=O) groups excluding carboxylic acids is 1. The van der Waals surface area contributed by atoms with Crippen LogP contribution in [0.1, 0.15) is 32.6 Å². The van der Waals surface area contributed by atoms with Gasteiger partial charge in [-0.05, 0) is 52.2 Å². The fraction of sp³-hybridized carbons (Fsp3) is 0.917. The zero-order valence-corrected chi connectivity index (χ0v) is 11.9. The van der Waals surface area contributed by atoms with Gasteiger partial charge in [-0.3, -0.25) is 4.79 Å². The summed E-state index contributed by atoms with van der Waals surface area (Å²) in [6.07, 6.45) is 4.24. The molecule has 0 amide bonds. The van der Waals surface area contributed by atoms with Crippen molar-refractivity contribution in [1.82, 2.24) is 0 Å². The molecule has 0 aromatic carbocycles. The van der Waals surface area contributed by atoms with Gasteiger partial charge in [0, 0.05) is 6.10 Å². The summed E-state index contributed by atoms with van der Waals surface area (Å²) in [6.45, 7) is 8.99. The zero-order chi connectivity index (χ0) is 12.2. The van der Waals surface area contributed by atoms with Crippen molar-refractivity contribution in [2.75, 3.05) is 6.61 Å². The molecule has 0 aromatic rings. The molecule has 1 aliphatic carbocycles. The first-order chi connectivity index (χ1) is 7.42. The van der Waals surface area contributed by atoms with Crippen molar-refractivity contribution < 1.29 is 14.0 Å². The molecule has 0 radical (unpaired) electrons. The van der Waals surface area contributed by atoms with E-state index in [-0.39, 0.29) is 11.9 Å². The van der Waals surface area contributed by atoms with Gasteiger partial charge in [-0.15, -0.1) is 0 Å². The van der Waals surface area contributed by atoms with Gasteiger partial charge in [0.15, 0.2) is 8.32 Å². The Kier molecular flexibility index (Phi) is 4.99. The Morgan fingerprint density at radius 3 is 2.19 bits per heavy atom. The number of rotatable bonds is 4. The van der Waals surface area contributed by atoms with Crippen molar-refractivity contribution in [3.8, 4) is 0 Å². The standard InChI is InChI=1S/C12H24O3Si/c1-5-14-12(13)10-6-8-11(9-7-10)15-16(2,3)4/h10-11H,5-9H2,1-4H3. The summed E-state index contributed by atoms with van der Waals surface area (Å²) in [5.74, 6) is 0.0930. The third kappa shape index (κ3) is 4.66.